The van der Waals surface area contributed by atoms with Gasteiger partial charge in [0.2, 0.25) is 0 Å². The summed E-state index contributed by atoms with van der Waals surface area (Å²) in [4.78, 5) is -0.338. The number of alkyl halides is 4. The third kappa shape index (κ3) is 6.87. The van der Waals surface area contributed by atoms with E-state index in [1.54, 1.807) is 6.08 Å². The first-order valence-corrected chi connectivity index (χ1v) is 5.71. The van der Waals surface area contributed by atoms with Gasteiger partial charge in [0.1, 0.15) is 10.4 Å². The molecule has 1 aliphatic rings. The minimum absolute atomic E-state index is 0.136. The number of ether oxygens (including phenoxy) is 1. The van der Waals surface area contributed by atoms with Crippen LogP contribution in [0.15, 0.2) is 12.2 Å². The van der Waals surface area contributed by atoms with E-state index < -0.39 is 0 Å². The normalized spacial score (nSPS) is 18.6. The molecule has 0 aromatic heterocycles. The molecule has 0 radical (unpaired) electrons. The minimum Gasteiger partial charge on any atom is -0.367 e. The summed E-state index contributed by atoms with van der Waals surface area (Å²) in [6, 6.07) is 0. The van der Waals surface area contributed by atoms with E-state index in [1.807, 2.05) is 13.0 Å². The summed E-state index contributed by atoms with van der Waals surface area (Å²) >= 11 is 21.4. The molecular formula is C8H12Cl4O. The van der Waals surface area contributed by atoms with Crippen LogP contribution in [0.3, 0.4) is 0 Å². The molecule has 5 heteroatoms. The minimum atomic E-state index is -0.338. The van der Waals surface area contributed by atoms with E-state index in [2.05, 4.69) is 0 Å². The van der Waals surface area contributed by atoms with Crippen molar-refractivity contribution >= 4 is 46.4 Å². The largest absolute Gasteiger partial charge is 0.367 e. The van der Waals surface area contributed by atoms with Crippen molar-refractivity contribution in [3.05, 3.63) is 12.2 Å². The first kappa shape index (κ1) is 13.9. The lowest BCUT2D eigenvalue weighted by Crippen LogP contribution is -2.14. The highest BCUT2D eigenvalue weighted by Crippen LogP contribution is 2.29. The Labute approximate surface area is 98.9 Å². The van der Waals surface area contributed by atoms with Crippen molar-refractivity contribution in [2.75, 3.05) is 18.4 Å². The van der Waals surface area contributed by atoms with Crippen molar-refractivity contribution < 1.29 is 4.74 Å². The van der Waals surface area contributed by atoms with E-state index in [-0.39, 0.29) is 10.4 Å². The van der Waals surface area contributed by atoms with Crippen molar-refractivity contribution in [1.29, 1.82) is 0 Å². The van der Waals surface area contributed by atoms with Gasteiger partial charge in [0.25, 0.3) is 0 Å². The molecule has 1 fully saturated rings. The number of epoxide rings is 1. The fourth-order valence-electron chi connectivity index (χ4n) is 0.438. The molecule has 0 aliphatic carbocycles. The Morgan fingerprint density at radius 2 is 1.85 bits per heavy atom. The molecule has 0 unspecified atom stereocenters. The van der Waals surface area contributed by atoms with Crippen molar-refractivity contribution in [3.63, 3.8) is 0 Å². The summed E-state index contributed by atoms with van der Waals surface area (Å²) in [5.74, 6) is 1.05. The lowest BCUT2D eigenvalue weighted by molar-refractivity contribution is 0.350. The Hall–Kier alpha value is 0.860. The van der Waals surface area contributed by atoms with Crippen LogP contribution in [0.25, 0.3) is 0 Å². The van der Waals surface area contributed by atoms with Crippen LogP contribution in [0.1, 0.15) is 6.92 Å². The molecule has 1 aliphatic heterocycles. The molecule has 0 atom stereocenters. The summed E-state index contributed by atoms with van der Waals surface area (Å²) in [6.07, 6.45) is 3.51. The second-order valence-electron chi connectivity index (χ2n) is 2.60. The maximum Gasteiger partial charge on any atom is 0.125 e. The van der Waals surface area contributed by atoms with E-state index in [4.69, 9.17) is 51.1 Å². The molecule has 0 aromatic rings. The molecule has 13 heavy (non-hydrogen) atoms. The van der Waals surface area contributed by atoms with Gasteiger partial charge in [0.05, 0.1) is 18.4 Å². The van der Waals surface area contributed by atoms with Crippen LogP contribution in [-0.2, 0) is 4.74 Å². The highest BCUT2D eigenvalue weighted by Gasteiger charge is 2.42. The first-order chi connectivity index (χ1) is 6.10. The van der Waals surface area contributed by atoms with Gasteiger partial charge in [0.15, 0.2) is 0 Å². The van der Waals surface area contributed by atoms with E-state index >= 15 is 0 Å². The Morgan fingerprint density at radius 1 is 1.38 bits per heavy atom. The van der Waals surface area contributed by atoms with E-state index in [9.17, 15) is 0 Å². The molecule has 0 bridgehead atoms. The quantitative estimate of drug-likeness (QED) is 0.432. The fourth-order valence-corrected chi connectivity index (χ4v) is 1.32. The predicted octanol–water partition coefficient (Wildman–Crippen LogP) is 3.60. The molecule has 1 nitrogen and oxygen atoms in total. The Kier molecular flexibility index (Phi) is 7.67. The van der Waals surface area contributed by atoms with Gasteiger partial charge in [-0.3, -0.25) is 0 Å². The summed E-state index contributed by atoms with van der Waals surface area (Å²) in [6.45, 7) is 2.61. The van der Waals surface area contributed by atoms with Gasteiger partial charge < -0.3 is 4.74 Å². The van der Waals surface area contributed by atoms with Gasteiger partial charge in [-0.05, 0) is 6.92 Å². The fraction of sp³-hybridized carbons (Fsp3) is 0.750. The van der Waals surface area contributed by atoms with Gasteiger partial charge in [-0.2, -0.15) is 0 Å². The molecule has 0 N–H and O–H groups in total. The van der Waals surface area contributed by atoms with E-state index in [0.29, 0.717) is 11.8 Å². The summed E-state index contributed by atoms with van der Waals surface area (Å²) in [5.41, 5.74) is -0.136. The van der Waals surface area contributed by atoms with Crippen LogP contribution in [0.4, 0.5) is 0 Å². The van der Waals surface area contributed by atoms with E-state index in [0.717, 1.165) is 6.61 Å². The SMILES string of the molecule is C/C=C\C(Cl)Cl.ClCC1(CCl)CO1. The van der Waals surface area contributed by atoms with Gasteiger partial charge in [-0.1, -0.05) is 12.2 Å². The molecule has 0 spiro atoms. The smallest absolute Gasteiger partial charge is 0.125 e. The van der Waals surface area contributed by atoms with Gasteiger partial charge in [-0.25, -0.2) is 0 Å². The summed E-state index contributed by atoms with van der Waals surface area (Å²) in [5, 5.41) is 0. The highest BCUT2D eigenvalue weighted by molar-refractivity contribution is 6.45. The molecule has 0 aromatic carbocycles. The molecule has 78 valence electrons. The lowest BCUT2D eigenvalue weighted by atomic mass is 10.2. The average Bonchev–Trinajstić information content (AvgIpc) is 2.85. The van der Waals surface area contributed by atoms with Gasteiger partial charge in [-0.15, -0.1) is 46.4 Å². The number of rotatable bonds is 3. The van der Waals surface area contributed by atoms with Crippen LogP contribution in [0.5, 0.6) is 0 Å². The van der Waals surface area contributed by atoms with E-state index in [1.165, 1.54) is 0 Å². The van der Waals surface area contributed by atoms with Crippen LogP contribution >= 0.6 is 46.4 Å². The van der Waals surface area contributed by atoms with Crippen LogP contribution in [0.2, 0.25) is 0 Å². The van der Waals surface area contributed by atoms with Crippen molar-refractivity contribution in [1.82, 2.24) is 0 Å². The number of hydrogen-bond acceptors (Lipinski definition) is 1. The van der Waals surface area contributed by atoms with Crippen LogP contribution < -0.4 is 0 Å². The zero-order valence-electron chi connectivity index (χ0n) is 7.27. The monoisotopic (exact) mass is 264 g/mol. The average molecular weight is 266 g/mol. The number of halogens is 4. The maximum atomic E-state index is 5.45. The second-order valence-corrected chi connectivity index (χ2v) is 4.30. The zero-order valence-corrected chi connectivity index (χ0v) is 10.3. The van der Waals surface area contributed by atoms with Crippen LogP contribution in [-0.4, -0.2) is 28.8 Å². The van der Waals surface area contributed by atoms with Crippen molar-refractivity contribution in [3.8, 4) is 0 Å². The predicted molar refractivity (Wildman–Crippen MR) is 60.4 cm³/mol. The third-order valence-electron chi connectivity index (χ3n) is 1.38. The summed E-state index contributed by atoms with van der Waals surface area (Å²) < 4.78 is 4.93. The Morgan fingerprint density at radius 3 is 1.85 bits per heavy atom. The van der Waals surface area contributed by atoms with Crippen LogP contribution in [0, 0.1) is 0 Å². The highest BCUT2D eigenvalue weighted by atomic mass is 35.5. The zero-order chi connectivity index (χ0) is 10.3. The third-order valence-corrected chi connectivity index (χ3v) is 2.64. The standard InChI is InChI=1S/C4H6Cl2O.C4H6Cl2/c5-1-4(2-6)3-7-4;1-2-3-4(5)6/h1-3H2;2-4H,1H3/b;3-2-. The first-order valence-electron chi connectivity index (χ1n) is 3.77. The van der Waals surface area contributed by atoms with Gasteiger partial charge >= 0.3 is 0 Å². The molecule has 1 heterocycles. The maximum absolute atomic E-state index is 5.45. The van der Waals surface area contributed by atoms with Crippen molar-refractivity contribution in [2.24, 2.45) is 0 Å². The molecule has 0 amide bonds. The molecule has 0 saturated carbocycles. The topological polar surface area (TPSA) is 12.5 Å². The van der Waals surface area contributed by atoms with Crippen molar-refractivity contribution in [2.45, 2.75) is 17.4 Å². The molecular weight excluding hydrogens is 254 g/mol. The number of allylic oxidation sites excluding steroid dienone is 2. The number of hydrogen-bond donors (Lipinski definition) is 0. The molecule has 1 rings (SSSR count). The summed E-state index contributed by atoms with van der Waals surface area (Å²) in [7, 11) is 0. The molecule has 1 saturated heterocycles. The Balaban J connectivity index is 0.000000226. The second kappa shape index (κ2) is 7.19. The van der Waals surface area contributed by atoms with Gasteiger partial charge in [0, 0.05) is 0 Å². The lowest BCUT2D eigenvalue weighted by Gasteiger charge is -1.96. The Bertz CT molecular complexity index is 148.